The second-order valence-corrected chi connectivity index (χ2v) is 4.67. The van der Waals surface area contributed by atoms with Gasteiger partial charge in [0.05, 0.1) is 25.4 Å². The van der Waals surface area contributed by atoms with Gasteiger partial charge in [-0.2, -0.15) is 5.10 Å². The van der Waals surface area contributed by atoms with Gasteiger partial charge in [0.15, 0.2) is 5.75 Å². The molecule has 19 heavy (non-hydrogen) atoms. The minimum atomic E-state index is 0.169. The van der Waals surface area contributed by atoms with Crippen molar-refractivity contribution in [3.8, 4) is 5.75 Å². The predicted molar refractivity (Wildman–Crippen MR) is 72.1 cm³/mol. The number of hydrogen-bond acceptors (Lipinski definition) is 4. The molecule has 6 heteroatoms. The van der Waals surface area contributed by atoms with Crippen molar-refractivity contribution in [1.29, 1.82) is 0 Å². The summed E-state index contributed by atoms with van der Waals surface area (Å²) in [5.74, 6) is 0.906. The zero-order chi connectivity index (χ0) is 13.5. The fourth-order valence-corrected chi connectivity index (χ4v) is 2.10. The molecule has 0 aromatic carbocycles. The third-order valence-electron chi connectivity index (χ3n) is 3.12. The highest BCUT2D eigenvalue weighted by molar-refractivity contribution is 5.76. The first-order valence-corrected chi connectivity index (χ1v) is 6.93. The summed E-state index contributed by atoms with van der Waals surface area (Å²) in [7, 11) is 0. The van der Waals surface area contributed by atoms with Crippen LogP contribution in [-0.4, -0.2) is 53.4 Å². The highest BCUT2D eigenvalue weighted by atomic mass is 16.5. The van der Waals surface area contributed by atoms with E-state index in [0.717, 1.165) is 44.9 Å². The Hall–Kier alpha value is -1.56. The monoisotopic (exact) mass is 266 g/mol. The van der Waals surface area contributed by atoms with Crippen LogP contribution in [0.25, 0.3) is 0 Å². The van der Waals surface area contributed by atoms with E-state index in [1.54, 1.807) is 6.20 Å². The van der Waals surface area contributed by atoms with Gasteiger partial charge in [-0.05, 0) is 6.42 Å². The van der Waals surface area contributed by atoms with Gasteiger partial charge in [-0.1, -0.05) is 6.92 Å². The van der Waals surface area contributed by atoms with Crippen molar-refractivity contribution >= 4 is 5.91 Å². The van der Waals surface area contributed by atoms with Crippen molar-refractivity contribution in [1.82, 2.24) is 20.0 Å². The molecule has 1 aromatic heterocycles. The van der Waals surface area contributed by atoms with Gasteiger partial charge >= 0.3 is 0 Å². The van der Waals surface area contributed by atoms with Crippen LogP contribution in [0.15, 0.2) is 12.4 Å². The van der Waals surface area contributed by atoms with E-state index in [0.29, 0.717) is 13.0 Å². The van der Waals surface area contributed by atoms with Gasteiger partial charge in [-0.15, -0.1) is 0 Å². The summed E-state index contributed by atoms with van der Waals surface area (Å²) in [5.41, 5.74) is 0. The Morgan fingerprint density at radius 2 is 2.26 bits per heavy atom. The number of carbonyl (C=O) groups is 1. The Labute approximate surface area is 113 Å². The van der Waals surface area contributed by atoms with E-state index >= 15 is 0 Å². The van der Waals surface area contributed by atoms with E-state index in [9.17, 15) is 4.79 Å². The second-order valence-electron chi connectivity index (χ2n) is 4.67. The number of nitrogens with one attached hydrogen (secondary N) is 1. The van der Waals surface area contributed by atoms with Gasteiger partial charge in [0.1, 0.15) is 0 Å². The maximum absolute atomic E-state index is 11.9. The van der Waals surface area contributed by atoms with Crippen LogP contribution in [0.2, 0.25) is 0 Å². The molecular formula is C13H22N4O2. The maximum Gasteiger partial charge on any atom is 0.226 e. The summed E-state index contributed by atoms with van der Waals surface area (Å²) in [5, 5.41) is 7.41. The number of carbonyl (C=O) groups excluding carboxylic acids is 1. The average Bonchev–Trinajstić information content (AvgIpc) is 2.88. The Morgan fingerprint density at radius 3 is 3.00 bits per heavy atom. The highest BCUT2D eigenvalue weighted by Crippen LogP contribution is 2.09. The van der Waals surface area contributed by atoms with E-state index in [2.05, 4.69) is 17.3 Å². The minimum Gasteiger partial charge on any atom is -0.490 e. The molecule has 6 nitrogen and oxygen atoms in total. The Morgan fingerprint density at radius 1 is 1.47 bits per heavy atom. The lowest BCUT2D eigenvalue weighted by Crippen LogP contribution is -2.46. The summed E-state index contributed by atoms with van der Waals surface area (Å²) < 4.78 is 7.40. The largest absolute Gasteiger partial charge is 0.490 e. The molecule has 1 N–H and O–H groups in total. The fraction of sp³-hybridized carbons (Fsp3) is 0.692. The molecule has 1 fully saturated rings. The summed E-state index contributed by atoms with van der Waals surface area (Å²) in [6.45, 7) is 6.78. The third-order valence-corrected chi connectivity index (χ3v) is 3.12. The predicted octanol–water partition coefficient (Wildman–Crippen LogP) is 0.494. The Balaban J connectivity index is 1.68. The molecule has 0 radical (unpaired) electrons. The maximum atomic E-state index is 11.9. The molecular weight excluding hydrogens is 244 g/mol. The smallest absolute Gasteiger partial charge is 0.226 e. The highest BCUT2D eigenvalue weighted by Gasteiger charge is 2.15. The van der Waals surface area contributed by atoms with Crippen molar-refractivity contribution in [3.63, 3.8) is 0 Å². The fourth-order valence-electron chi connectivity index (χ4n) is 2.10. The molecule has 1 amide bonds. The van der Waals surface area contributed by atoms with Crippen LogP contribution >= 0.6 is 0 Å². The molecule has 0 unspecified atom stereocenters. The summed E-state index contributed by atoms with van der Waals surface area (Å²) in [4.78, 5) is 13.8. The normalized spacial score (nSPS) is 15.5. The molecule has 106 valence electrons. The topological polar surface area (TPSA) is 59.4 Å². The van der Waals surface area contributed by atoms with Gasteiger partial charge < -0.3 is 15.0 Å². The van der Waals surface area contributed by atoms with Crippen LogP contribution in [0, 0.1) is 0 Å². The van der Waals surface area contributed by atoms with Crippen LogP contribution < -0.4 is 10.1 Å². The number of nitrogens with zero attached hydrogens (tertiary/aromatic N) is 3. The first kappa shape index (κ1) is 13.9. The molecule has 0 aliphatic carbocycles. The number of aromatic nitrogens is 2. The molecule has 0 bridgehead atoms. The SMILES string of the molecule is CCCn1cc(OCCC(=O)N2CCNCC2)cn1. The molecule has 1 aliphatic heterocycles. The number of amides is 1. The van der Waals surface area contributed by atoms with Crippen LogP contribution in [0.3, 0.4) is 0 Å². The number of piperazine rings is 1. The lowest BCUT2D eigenvalue weighted by Gasteiger charge is -2.27. The van der Waals surface area contributed by atoms with Gasteiger partial charge in [0.2, 0.25) is 5.91 Å². The van der Waals surface area contributed by atoms with Crippen molar-refractivity contribution in [3.05, 3.63) is 12.4 Å². The van der Waals surface area contributed by atoms with E-state index in [-0.39, 0.29) is 5.91 Å². The van der Waals surface area contributed by atoms with Gasteiger partial charge in [-0.3, -0.25) is 9.48 Å². The van der Waals surface area contributed by atoms with E-state index in [4.69, 9.17) is 4.74 Å². The number of hydrogen-bond donors (Lipinski definition) is 1. The van der Waals surface area contributed by atoms with Crippen molar-refractivity contribution in [2.24, 2.45) is 0 Å². The lowest BCUT2D eigenvalue weighted by atomic mass is 10.3. The Bertz CT molecular complexity index is 399. The summed E-state index contributed by atoms with van der Waals surface area (Å²) >= 11 is 0. The van der Waals surface area contributed by atoms with Gasteiger partial charge in [-0.25, -0.2) is 0 Å². The molecule has 1 aromatic rings. The van der Waals surface area contributed by atoms with E-state index in [1.807, 2.05) is 15.8 Å². The minimum absolute atomic E-state index is 0.169. The average molecular weight is 266 g/mol. The zero-order valence-electron chi connectivity index (χ0n) is 11.5. The summed E-state index contributed by atoms with van der Waals surface area (Å²) in [6, 6.07) is 0. The molecule has 1 saturated heterocycles. The molecule has 2 rings (SSSR count). The molecule has 0 saturated carbocycles. The molecule has 0 spiro atoms. The number of rotatable bonds is 6. The van der Waals surface area contributed by atoms with Crippen LogP contribution in [0.4, 0.5) is 0 Å². The quantitative estimate of drug-likeness (QED) is 0.814. The first-order valence-electron chi connectivity index (χ1n) is 6.93. The lowest BCUT2D eigenvalue weighted by molar-refractivity contribution is -0.132. The van der Waals surface area contributed by atoms with Crippen molar-refractivity contribution < 1.29 is 9.53 Å². The van der Waals surface area contributed by atoms with Gasteiger partial charge in [0, 0.05) is 32.7 Å². The third kappa shape index (κ3) is 4.24. The standard InChI is InChI=1S/C13H22N4O2/c1-2-6-17-11-12(10-15-17)19-9-3-13(18)16-7-4-14-5-8-16/h10-11,14H,2-9H2,1H3. The molecule has 2 heterocycles. The van der Waals surface area contributed by atoms with Crippen molar-refractivity contribution in [2.75, 3.05) is 32.8 Å². The van der Waals surface area contributed by atoms with E-state index in [1.165, 1.54) is 0 Å². The number of ether oxygens (including phenoxy) is 1. The van der Waals surface area contributed by atoms with Crippen molar-refractivity contribution in [2.45, 2.75) is 26.3 Å². The zero-order valence-corrected chi connectivity index (χ0v) is 11.5. The Kier molecular flexibility index (Phi) is 5.20. The van der Waals surface area contributed by atoms with Crippen LogP contribution in [0.1, 0.15) is 19.8 Å². The number of aryl methyl sites for hydroxylation is 1. The summed E-state index contributed by atoms with van der Waals surface area (Å²) in [6.07, 6.45) is 5.05. The van der Waals surface area contributed by atoms with Gasteiger partial charge in [0.25, 0.3) is 0 Å². The molecule has 1 aliphatic rings. The first-order chi connectivity index (χ1) is 9.29. The van der Waals surface area contributed by atoms with Crippen LogP contribution in [-0.2, 0) is 11.3 Å². The van der Waals surface area contributed by atoms with Crippen LogP contribution in [0.5, 0.6) is 5.75 Å². The molecule has 0 atom stereocenters. The second kappa shape index (κ2) is 7.13. The van der Waals surface area contributed by atoms with E-state index < -0.39 is 0 Å².